The van der Waals surface area contributed by atoms with Crippen LogP contribution in [0.25, 0.3) is 0 Å². The summed E-state index contributed by atoms with van der Waals surface area (Å²) in [6, 6.07) is 17.0. The lowest BCUT2D eigenvalue weighted by Crippen LogP contribution is -2.27. The zero-order valence-electron chi connectivity index (χ0n) is 14.4. The summed E-state index contributed by atoms with van der Waals surface area (Å²) in [5.74, 6) is 0.387. The van der Waals surface area contributed by atoms with Crippen LogP contribution in [-0.2, 0) is 4.79 Å². The predicted molar refractivity (Wildman–Crippen MR) is 96.7 cm³/mol. The third kappa shape index (κ3) is 4.60. The molecule has 0 bridgehead atoms. The summed E-state index contributed by atoms with van der Waals surface area (Å²) in [6.45, 7) is 0.728. The quantitative estimate of drug-likeness (QED) is 0.610. The van der Waals surface area contributed by atoms with E-state index in [-0.39, 0.29) is 0 Å². The van der Waals surface area contributed by atoms with Crippen LogP contribution in [0.3, 0.4) is 0 Å². The molecule has 4 nitrogen and oxygen atoms in total. The van der Waals surface area contributed by atoms with Gasteiger partial charge in [-0.1, -0.05) is 61.7 Å². The summed E-state index contributed by atoms with van der Waals surface area (Å²) in [5, 5.41) is 9.14. The van der Waals surface area contributed by atoms with E-state index in [2.05, 4.69) is 0 Å². The normalized spacial score (nSPS) is 16.2. The van der Waals surface area contributed by atoms with E-state index >= 15 is 0 Å². The van der Waals surface area contributed by atoms with Gasteiger partial charge < -0.3 is 4.74 Å². The molecule has 4 heteroatoms. The Morgan fingerprint density at radius 3 is 2.48 bits per heavy atom. The average molecular weight is 339 g/mol. The smallest absolute Gasteiger partial charge is 0.255 e. The lowest BCUT2D eigenvalue weighted by molar-refractivity contribution is -0.129. The highest BCUT2D eigenvalue weighted by molar-refractivity contribution is 5.86. The van der Waals surface area contributed by atoms with Gasteiger partial charge in [-0.2, -0.15) is 0 Å². The molecule has 3 rings (SSSR count). The molecule has 1 atom stereocenters. The lowest BCUT2D eigenvalue weighted by Gasteiger charge is -2.22. The van der Waals surface area contributed by atoms with Gasteiger partial charge in [-0.25, -0.2) is 5.48 Å². The van der Waals surface area contributed by atoms with Gasteiger partial charge in [0.1, 0.15) is 5.75 Å². The topological polar surface area (TPSA) is 58.6 Å². The molecular weight excluding hydrogens is 314 g/mol. The molecule has 2 N–H and O–H groups in total. The molecule has 132 valence electrons. The fourth-order valence-corrected chi connectivity index (χ4v) is 3.56. The molecule has 1 unspecified atom stereocenters. The first-order valence-corrected chi connectivity index (χ1v) is 8.99. The first-order chi connectivity index (χ1) is 12.3. The maximum atomic E-state index is 12.2. The SMILES string of the molecule is O=C(NO)C(c1ccccc1)c1cccc(OCC2CCCCC2)c1. The summed E-state index contributed by atoms with van der Waals surface area (Å²) in [6.07, 6.45) is 6.39. The molecule has 1 fully saturated rings. The average Bonchev–Trinajstić information content (AvgIpc) is 2.68. The van der Waals surface area contributed by atoms with Crippen molar-refractivity contribution >= 4 is 5.91 Å². The Labute approximate surface area is 148 Å². The van der Waals surface area contributed by atoms with Crippen molar-refractivity contribution in [2.45, 2.75) is 38.0 Å². The van der Waals surface area contributed by atoms with E-state index < -0.39 is 11.8 Å². The van der Waals surface area contributed by atoms with Crippen LogP contribution < -0.4 is 10.2 Å². The van der Waals surface area contributed by atoms with Crippen LogP contribution >= 0.6 is 0 Å². The van der Waals surface area contributed by atoms with Gasteiger partial charge in [0.25, 0.3) is 5.91 Å². The number of hydrogen-bond donors (Lipinski definition) is 2. The number of nitrogens with one attached hydrogen (secondary N) is 1. The highest BCUT2D eigenvalue weighted by Gasteiger charge is 2.23. The highest BCUT2D eigenvalue weighted by Crippen LogP contribution is 2.29. The van der Waals surface area contributed by atoms with Gasteiger partial charge in [0.05, 0.1) is 12.5 Å². The molecule has 1 saturated carbocycles. The maximum Gasteiger partial charge on any atom is 0.255 e. The van der Waals surface area contributed by atoms with E-state index in [4.69, 9.17) is 9.94 Å². The minimum Gasteiger partial charge on any atom is -0.493 e. The van der Waals surface area contributed by atoms with Gasteiger partial charge in [0.15, 0.2) is 0 Å². The third-order valence-corrected chi connectivity index (χ3v) is 4.91. The minimum absolute atomic E-state index is 0.448. The molecule has 25 heavy (non-hydrogen) atoms. The van der Waals surface area contributed by atoms with Crippen LogP contribution in [0.2, 0.25) is 0 Å². The molecule has 0 heterocycles. The summed E-state index contributed by atoms with van der Waals surface area (Å²) in [7, 11) is 0. The maximum absolute atomic E-state index is 12.2. The number of hydroxylamine groups is 1. The fraction of sp³-hybridized carbons (Fsp3) is 0.381. The molecule has 0 saturated heterocycles. The first-order valence-electron chi connectivity index (χ1n) is 8.99. The summed E-state index contributed by atoms with van der Waals surface area (Å²) in [4.78, 5) is 12.2. The second-order valence-electron chi connectivity index (χ2n) is 6.71. The number of ether oxygens (including phenoxy) is 1. The van der Waals surface area contributed by atoms with Gasteiger partial charge >= 0.3 is 0 Å². The largest absolute Gasteiger partial charge is 0.493 e. The van der Waals surface area contributed by atoms with Crippen LogP contribution in [0, 0.1) is 5.92 Å². The fourth-order valence-electron chi connectivity index (χ4n) is 3.56. The second-order valence-corrected chi connectivity index (χ2v) is 6.71. The van der Waals surface area contributed by atoms with E-state index in [0.29, 0.717) is 5.92 Å². The van der Waals surface area contributed by atoms with Crippen LogP contribution in [0.15, 0.2) is 54.6 Å². The molecule has 0 aliphatic heterocycles. The monoisotopic (exact) mass is 339 g/mol. The number of amides is 1. The predicted octanol–water partition coefficient (Wildman–Crippen LogP) is 4.28. The Morgan fingerprint density at radius 2 is 1.76 bits per heavy atom. The molecule has 1 amide bonds. The standard InChI is InChI=1S/C21H25NO3/c23-21(22-24)20(17-10-5-2-6-11-17)18-12-7-13-19(14-18)25-15-16-8-3-1-4-9-16/h2,5-7,10-14,16,20,24H,1,3-4,8-9,15H2,(H,22,23). The molecule has 0 spiro atoms. The Bertz CT molecular complexity index is 681. The van der Waals surface area contributed by atoms with Crippen LogP contribution in [0.1, 0.15) is 49.1 Å². The van der Waals surface area contributed by atoms with Crippen molar-refractivity contribution in [3.63, 3.8) is 0 Å². The zero-order chi connectivity index (χ0) is 17.5. The Balaban J connectivity index is 1.76. The minimum atomic E-state index is -0.565. The van der Waals surface area contributed by atoms with Gasteiger partial charge in [-0.05, 0) is 42.0 Å². The lowest BCUT2D eigenvalue weighted by atomic mass is 9.90. The van der Waals surface area contributed by atoms with Crippen LogP contribution in [0.5, 0.6) is 5.75 Å². The van der Waals surface area contributed by atoms with Crippen molar-refractivity contribution in [2.75, 3.05) is 6.61 Å². The number of carbonyl (C=O) groups excluding carboxylic acids is 1. The first kappa shape index (κ1) is 17.5. The number of benzene rings is 2. The molecule has 0 radical (unpaired) electrons. The second kappa shape index (κ2) is 8.67. The third-order valence-electron chi connectivity index (χ3n) is 4.91. The van der Waals surface area contributed by atoms with Crippen LogP contribution in [0.4, 0.5) is 0 Å². The van der Waals surface area contributed by atoms with E-state index in [1.54, 1.807) is 5.48 Å². The van der Waals surface area contributed by atoms with Gasteiger partial charge in [-0.3, -0.25) is 10.0 Å². The molecule has 1 aliphatic carbocycles. The number of carbonyl (C=O) groups is 1. The van der Waals surface area contributed by atoms with E-state index in [1.165, 1.54) is 32.1 Å². The molecule has 2 aromatic carbocycles. The van der Waals surface area contributed by atoms with E-state index in [1.807, 2.05) is 54.6 Å². The van der Waals surface area contributed by atoms with Crippen molar-refractivity contribution < 1.29 is 14.7 Å². The van der Waals surface area contributed by atoms with Crippen molar-refractivity contribution in [2.24, 2.45) is 5.92 Å². The Morgan fingerprint density at radius 1 is 1.04 bits per heavy atom. The Hall–Kier alpha value is -2.33. The van der Waals surface area contributed by atoms with Crippen LogP contribution in [-0.4, -0.2) is 17.7 Å². The van der Waals surface area contributed by atoms with Crippen molar-refractivity contribution in [1.82, 2.24) is 5.48 Å². The summed E-state index contributed by atoms with van der Waals surface area (Å²) >= 11 is 0. The number of rotatable bonds is 6. The van der Waals surface area contributed by atoms with Crippen molar-refractivity contribution in [3.8, 4) is 5.75 Å². The van der Waals surface area contributed by atoms with E-state index in [9.17, 15) is 4.79 Å². The van der Waals surface area contributed by atoms with Crippen molar-refractivity contribution in [3.05, 3.63) is 65.7 Å². The van der Waals surface area contributed by atoms with E-state index in [0.717, 1.165) is 23.5 Å². The highest BCUT2D eigenvalue weighted by atomic mass is 16.5. The van der Waals surface area contributed by atoms with Gasteiger partial charge in [0, 0.05) is 0 Å². The van der Waals surface area contributed by atoms with Gasteiger partial charge in [-0.15, -0.1) is 0 Å². The summed E-state index contributed by atoms with van der Waals surface area (Å²) in [5.41, 5.74) is 3.42. The molecule has 0 aromatic heterocycles. The van der Waals surface area contributed by atoms with Gasteiger partial charge in [0.2, 0.25) is 0 Å². The molecule has 1 aliphatic rings. The summed E-state index contributed by atoms with van der Waals surface area (Å²) < 4.78 is 5.99. The van der Waals surface area contributed by atoms with Crippen molar-refractivity contribution in [1.29, 1.82) is 0 Å². The molecular formula is C21H25NO3. The number of hydrogen-bond acceptors (Lipinski definition) is 3. The zero-order valence-corrected chi connectivity index (χ0v) is 14.4. The Kier molecular flexibility index (Phi) is 6.07. The molecule has 2 aromatic rings.